The summed E-state index contributed by atoms with van der Waals surface area (Å²) in [4.78, 5) is 13.2. The van der Waals surface area contributed by atoms with Gasteiger partial charge in [-0.1, -0.05) is 0 Å². The molecule has 0 aromatic carbocycles. The Bertz CT molecular complexity index is 266. The lowest BCUT2D eigenvalue weighted by Crippen LogP contribution is -2.72. The summed E-state index contributed by atoms with van der Waals surface area (Å²) in [7, 11) is 0. The molecule has 2 heterocycles. The molecular weight excluding hydrogens is 206 g/mol. The molecule has 2 fully saturated rings. The normalized spacial score (nSPS) is 33.3. The van der Waals surface area contributed by atoms with Crippen molar-refractivity contribution >= 4 is 5.91 Å². The highest BCUT2D eigenvalue weighted by Gasteiger charge is 2.44. The van der Waals surface area contributed by atoms with Gasteiger partial charge in [-0.2, -0.15) is 0 Å². The fourth-order valence-electron chi connectivity index (χ4n) is 2.76. The van der Waals surface area contributed by atoms with E-state index in [1.807, 2.05) is 0 Å². The van der Waals surface area contributed by atoms with E-state index >= 15 is 0 Å². The fraction of sp³-hybridized carbons (Fsp3) is 0.909. The van der Waals surface area contributed by atoms with E-state index in [-0.39, 0.29) is 24.0 Å². The SMILES string of the molecule is CC(=O)N1CC(N)C1C(N)C1CCOCC1. The zero-order chi connectivity index (χ0) is 11.7. The van der Waals surface area contributed by atoms with Crippen LogP contribution in [0.4, 0.5) is 0 Å². The zero-order valence-corrected chi connectivity index (χ0v) is 9.76. The number of hydrogen-bond acceptors (Lipinski definition) is 4. The second-order valence-corrected chi connectivity index (χ2v) is 4.85. The van der Waals surface area contributed by atoms with Crippen LogP contribution >= 0.6 is 0 Å². The van der Waals surface area contributed by atoms with Crippen molar-refractivity contribution < 1.29 is 9.53 Å². The van der Waals surface area contributed by atoms with Gasteiger partial charge >= 0.3 is 0 Å². The molecule has 5 nitrogen and oxygen atoms in total. The van der Waals surface area contributed by atoms with Crippen LogP contribution in [0.1, 0.15) is 19.8 Å². The van der Waals surface area contributed by atoms with E-state index in [4.69, 9.17) is 16.2 Å². The standard InChI is InChI=1S/C11H21N3O2/c1-7(15)14-6-9(12)11(14)10(13)8-2-4-16-5-3-8/h8-11H,2-6,12-13H2,1H3. The molecule has 0 radical (unpaired) electrons. The van der Waals surface area contributed by atoms with E-state index in [0.29, 0.717) is 12.5 Å². The molecule has 2 aliphatic rings. The molecule has 16 heavy (non-hydrogen) atoms. The van der Waals surface area contributed by atoms with Gasteiger partial charge in [0.25, 0.3) is 0 Å². The number of nitrogens with two attached hydrogens (primary N) is 2. The highest BCUT2D eigenvalue weighted by atomic mass is 16.5. The van der Waals surface area contributed by atoms with Gasteiger partial charge in [-0.05, 0) is 18.8 Å². The Morgan fingerprint density at radius 3 is 2.56 bits per heavy atom. The number of carbonyl (C=O) groups excluding carboxylic acids is 1. The largest absolute Gasteiger partial charge is 0.381 e. The quantitative estimate of drug-likeness (QED) is 0.653. The molecule has 1 amide bonds. The van der Waals surface area contributed by atoms with Crippen molar-refractivity contribution in [2.24, 2.45) is 17.4 Å². The Morgan fingerprint density at radius 2 is 2.06 bits per heavy atom. The Kier molecular flexibility index (Phi) is 3.47. The predicted octanol–water partition coefficient (Wildman–Crippen LogP) is -0.702. The molecule has 0 aromatic heterocycles. The van der Waals surface area contributed by atoms with Crippen molar-refractivity contribution in [3.05, 3.63) is 0 Å². The molecule has 2 saturated heterocycles. The average molecular weight is 227 g/mol. The van der Waals surface area contributed by atoms with Gasteiger partial charge in [0, 0.05) is 38.8 Å². The molecule has 0 saturated carbocycles. The van der Waals surface area contributed by atoms with Crippen LogP contribution in [0.25, 0.3) is 0 Å². The first-order chi connectivity index (χ1) is 7.61. The van der Waals surface area contributed by atoms with Crippen molar-refractivity contribution in [2.45, 2.75) is 37.9 Å². The summed E-state index contributed by atoms with van der Waals surface area (Å²) < 4.78 is 5.32. The lowest BCUT2D eigenvalue weighted by molar-refractivity contribution is -0.139. The third-order valence-electron chi connectivity index (χ3n) is 3.82. The number of ether oxygens (including phenoxy) is 1. The minimum absolute atomic E-state index is 0.00319. The Hall–Kier alpha value is -0.650. The highest BCUT2D eigenvalue weighted by molar-refractivity contribution is 5.75. The van der Waals surface area contributed by atoms with E-state index in [9.17, 15) is 4.79 Å². The molecule has 92 valence electrons. The maximum Gasteiger partial charge on any atom is 0.219 e. The summed E-state index contributed by atoms with van der Waals surface area (Å²) >= 11 is 0. The zero-order valence-electron chi connectivity index (χ0n) is 9.76. The van der Waals surface area contributed by atoms with Crippen molar-refractivity contribution in [3.8, 4) is 0 Å². The molecule has 0 spiro atoms. The molecule has 3 atom stereocenters. The molecule has 5 heteroatoms. The van der Waals surface area contributed by atoms with Crippen LogP contribution < -0.4 is 11.5 Å². The third kappa shape index (κ3) is 2.07. The smallest absolute Gasteiger partial charge is 0.219 e. The molecule has 0 aliphatic carbocycles. The second kappa shape index (κ2) is 4.69. The number of amides is 1. The molecule has 4 N–H and O–H groups in total. The highest BCUT2D eigenvalue weighted by Crippen LogP contribution is 2.27. The van der Waals surface area contributed by atoms with Crippen LogP contribution in [0.3, 0.4) is 0 Å². The average Bonchev–Trinajstić information content (AvgIpc) is 2.26. The Labute approximate surface area is 96.1 Å². The number of rotatable bonds is 2. The molecule has 0 aromatic rings. The number of carbonyl (C=O) groups is 1. The van der Waals surface area contributed by atoms with E-state index in [0.717, 1.165) is 26.1 Å². The summed E-state index contributed by atoms with van der Waals surface area (Å²) in [6, 6.07) is 0.0684. The molecule has 3 unspecified atom stereocenters. The molecule has 0 bridgehead atoms. The van der Waals surface area contributed by atoms with Crippen molar-refractivity contribution in [1.82, 2.24) is 4.90 Å². The van der Waals surface area contributed by atoms with E-state index in [2.05, 4.69) is 0 Å². The first-order valence-corrected chi connectivity index (χ1v) is 5.97. The van der Waals surface area contributed by atoms with E-state index < -0.39 is 0 Å². The van der Waals surface area contributed by atoms with Crippen molar-refractivity contribution in [2.75, 3.05) is 19.8 Å². The minimum atomic E-state index is -0.00319. The van der Waals surface area contributed by atoms with Gasteiger partial charge in [-0.15, -0.1) is 0 Å². The lowest BCUT2D eigenvalue weighted by atomic mass is 9.80. The molecule has 2 aliphatic heterocycles. The maximum absolute atomic E-state index is 11.4. The summed E-state index contributed by atoms with van der Waals surface area (Å²) in [5.74, 6) is 0.515. The predicted molar refractivity (Wildman–Crippen MR) is 60.7 cm³/mol. The first kappa shape index (κ1) is 11.8. The lowest BCUT2D eigenvalue weighted by Gasteiger charge is -2.50. The summed E-state index contributed by atoms with van der Waals surface area (Å²) in [6.07, 6.45) is 1.96. The first-order valence-electron chi connectivity index (χ1n) is 5.97. The third-order valence-corrected chi connectivity index (χ3v) is 3.82. The van der Waals surface area contributed by atoms with Crippen LogP contribution in [0, 0.1) is 5.92 Å². The van der Waals surface area contributed by atoms with Gasteiger partial charge in [-0.25, -0.2) is 0 Å². The second-order valence-electron chi connectivity index (χ2n) is 4.85. The van der Waals surface area contributed by atoms with Gasteiger partial charge in [0.15, 0.2) is 0 Å². The number of nitrogens with zero attached hydrogens (tertiary/aromatic N) is 1. The van der Waals surface area contributed by atoms with Crippen molar-refractivity contribution in [1.29, 1.82) is 0 Å². The Morgan fingerprint density at radius 1 is 1.44 bits per heavy atom. The van der Waals surface area contributed by atoms with Crippen LogP contribution in [0.5, 0.6) is 0 Å². The fourth-order valence-corrected chi connectivity index (χ4v) is 2.76. The van der Waals surface area contributed by atoms with E-state index in [1.165, 1.54) is 0 Å². The van der Waals surface area contributed by atoms with E-state index in [1.54, 1.807) is 11.8 Å². The summed E-state index contributed by atoms with van der Waals surface area (Å²) in [6.45, 7) is 3.79. The summed E-state index contributed by atoms with van der Waals surface area (Å²) in [5, 5.41) is 0. The van der Waals surface area contributed by atoms with Crippen LogP contribution in [0.2, 0.25) is 0 Å². The maximum atomic E-state index is 11.4. The Balaban J connectivity index is 1.96. The van der Waals surface area contributed by atoms with Gasteiger partial charge in [-0.3, -0.25) is 4.79 Å². The van der Waals surface area contributed by atoms with Gasteiger partial charge in [0.1, 0.15) is 0 Å². The molecular formula is C11H21N3O2. The van der Waals surface area contributed by atoms with Crippen molar-refractivity contribution in [3.63, 3.8) is 0 Å². The number of hydrogen-bond donors (Lipinski definition) is 2. The van der Waals surface area contributed by atoms with Gasteiger partial charge in [0.2, 0.25) is 5.91 Å². The van der Waals surface area contributed by atoms with Gasteiger partial charge in [0.05, 0.1) is 6.04 Å². The number of likely N-dealkylation sites (tertiary alicyclic amines) is 1. The van der Waals surface area contributed by atoms with Crippen LogP contribution in [-0.4, -0.2) is 48.7 Å². The molecule has 2 rings (SSSR count). The minimum Gasteiger partial charge on any atom is -0.381 e. The monoisotopic (exact) mass is 227 g/mol. The topological polar surface area (TPSA) is 81.6 Å². The van der Waals surface area contributed by atoms with Crippen LogP contribution in [0.15, 0.2) is 0 Å². The van der Waals surface area contributed by atoms with Crippen LogP contribution in [-0.2, 0) is 9.53 Å². The summed E-state index contributed by atoms with van der Waals surface area (Å²) in [5.41, 5.74) is 12.2. The van der Waals surface area contributed by atoms with Gasteiger partial charge < -0.3 is 21.1 Å².